The zero-order valence-electron chi connectivity index (χ0n) is 9.39. The molecule has 1 heterocycles. The van der Waals surface area contributed by atoms with Gasteiger partial charge in [-0.2, -0.15) is 0 Å². The van der Waals surface area contributed by atoms with Crippen LogP contribution in [-0.4, -0.2) is 12.6 Å². The van der Waals surface area contributed by atoms with Crippen molar-refractivity contribution in [3.63, 3.8) is 0 Å². The van der Waals surface area contributed by atoms with Crippen molar-refractivity contribution in [3.8, 4) is 0 Å². The van der Waals surface area contributed by atoms with Crippen LogP contribution in [0, 0.1) is 5.92 Å². The molecule has 0 spiro atoms. The fourth-order valence-electron chi connectivity index (χ4n) is 1.94. The number of hydrogen-bond acceptors (Lipinski definition) is 1. The van der Waals surface area contributed by atoms with E-state index in [4.69, 9.17) is 0 Å². The number of nitrogens with one attached hydrogen (secondary N) is 1. The van der Waals surface area contributed by atoms with E-state index in [1.165, 1.54) is 37.8 Å². The minimum absolute atomic E-state index is 0.643. The Morgan fingerprint density at radius 1 is 1.57 bits per heavy atom. The molecule has 1 aliphatic rings. The maximum absolute atomic E-state index is 4.22. The minimum Gasteiger partial charge on any atom is -0.311 e. The fourth-order valence-corrected chi connectivity index (χ4v) is 1.94. The molecule has 0 aromatic rings. The van der Waals surface area contributed by atoms with Gasteiger partial charge in [-0.15, -0.1) is 6.58 Å². The first kappa shape index (κ1) is 11.5. The lowest BCUT2D eigenvalue weighted by Crippen LogP contribution is -2.12. The Bertz CT molecular complexity index is 191. The van der Waals surface area contributed by atoms with Crippen molar-refractivity contribution < 1.29 is 0 Å². The largest absolute Gasteiger partial charge is 0.311 e. The van der Waals surface area contributed by atoms with E-state index < -0.39 is 0 Å². The summed E-state index contributed by atoms with van der Waals surface area (Å²) in [4.78, 5) is 0. The summed E-state index contributed by atoms with van der Waals surface area (Å²) in [5.41, 5.74) is 1.42. The first-order valence-corrected chi connectivity index (χ1v) is 5.81. The van der Waals surface area contributed by atoms with Gasteiger partial charge in [0.2, 0.25) is 0 Å². The van der Waals surface area contributed by atoms with Crippen molar-refractivity contribution in [2.24, 2.45) is 5.92 Å². The van der Waals surface area contributed by atoms with Crippen LogP contribution in [-0.2, 0) is 0 Å². The fraction of sp³-hybridized carbons (Fsp3) is 0.692. The third-order valence-electron chi connectivity index (χ3n) is 2.97. The lowest BCUT2D eigenvalue weighted by molar-refractivity contribution is 0.566. The number of allylic oxidation sites excluding steroid dienone is 1. The molecule has 0 amide bonds. The summed E-state index contributed by atoms with van der Waals surface area (Å²) in [7, 11) is 0. The number of rotatable bonds is 8. The van der Waals surface area contributed by atoms with Crippen molar-refractivity contribution in [1.29, 1.82) is 0 Å². The standard InChI is InChI=1S/C13H23N/c1-4-6-7-9-11(3)12(8-5-2)13-10-14-13/h5,12-14H,2-4,6-10H2,1H3. The Morgan fingerprint density at radius 2 is 2.29 bits per heavy atom. The van der Waals surface area contributed by atoms with E-state index in [2.05, 4.69) is 25.4 Å². The van der Waals surface area contributed by atoms with Crippen LogP contribution < -0.4 is 5.32 Å². The predicted molar refractivity (Wildman–Crippen MR) is 63.4 cm³/mol. The Hall–Kier alpha value is -0.560. The molecule has 1 aliphatic heterocycles. The lowest BCUT2D eigenvalue weighted by Gasteiger charge is -2.16. The third kappa shape index (κ3) is 3.67. The van der Waals surface area contributed by atoms with E-state index in [0.717, 1.165) is 6.42 Å². The van der Waals surface area contributed by atoms with Crippen molar-refractivity contribution in [2.75, 3.05) is 6.54 Å². The lowest BCUT2D eigenvalue weighted by atomic mass is 9.90. The van der Waals surface area contributed by atoms with Gasteiger partial charge in [0.15, 0.2) is 0 Å². The smallest absolute Gasteiger partial charge is 0.0261 e. The van der Waals surface area contributed by atoms with Crippen molar-refractivity contribution in [3.05, 3.63) is 24.8 Å². The second-order valence-electron chi connectivity index (χ2n) is 4.26. The minimum atomic E-state index is 0.643. The summed E-state index contributed by atoms with van der Waals surface area (Å²) in [6.45, 7) is 11.5. The van der Waals surface area contributed by atoms with E-state index in [0.29, 0.717) is 12.0 Å². The van der Waals surface area contributed by atoms with Crippen LogP contribution in [0.5, 0.6) is 0 Å². The second kappa shape index (κ2) is 6.02. The van der Waals surface area contributed by atoms with Gasteiger partial charge in [0.05, 0.1) is 0 Å². The molecule has 0 saturated carbocycles. The Morgan fingerprint density at radius 3 is 2.79 bits per heavy atom. The molecule has 1 saturated heterocycles. The normalized spacial score (nSPS) is 21.6. The number of unbranched alkanes of at least 4 members (excludes halogenated alkanes) is 2. The average molecular weight is 193 g/mol. The molecule has 0 radical (unpaired) electrons. The molecule has 1 fully saturated rings. The summed E-state index contributed by atoms with van der Waals surface area (Å²) in [6.07, 6.45) is 8.23. The van der Waals surface area contributed by atoms with Crippen LogP contribution in [0.4, 0.5) is 0 Å². The Balaban J connectivity index is 2.26. The quantitative estimate of drug-likeness (QED) is 0.356. The van der Waals surface area contributed by atoms with Crippen molar-refractivity contribution in [1.82, 2.24) is 5.32 Å². The van der Waals surface area contributed by atoms with Gasteiger partial charge >= 0.3 is 0 Å². The summed E-state index contributed by atoms with van der Waals surface area (Å²) < 4.78 is 0. The molecule has 1 N–H and O–H groups in total. The van der Waals surface area contributed by atoms with E-state index in [1.54, 1.807) is 0 Å². The SMILES string of the molecule is C=CCC(C(=C)CCCCC)C1CN1. The first-order chi connectivity index (χ1) is 6.79. The molecule has 0 aromatic carbocycles. The van der Waals surface area contributed by atoms with E-state index in [1.807, 2.05) is 6.08 Å². The molecule has 2 unspecified atom stereocenters. The van der Waals surface area contributed by atoms with E-state index in [9.17, 15) is 0 Å². The Labute approximate surface area is 88.3 Å². The van der Waals surface area contributed by atoms with Gasteiger partial charge in [-0.25, -0.2) is 0 Å². The highest BCUT2D eigenvalue weighted by Crippen LogP contribution is 2.27. The van der Waals surface area contributed by atoms with Gasteiger partial charge in [0, 0.05) is 12.6 Å². The van der Waals surface area contributed by atoms with Crippen molar-refractivity contribution in [2.45, 2.75) is 45.1 Å². The summed E-state index contributed by atoms with van der Waals surface area (Å²) >= 11 is 0. The zero-order chi connectivity index (χ0) is 10.4. The molecule has 2 atom stereocenters. The molecular weight excluding hydrogens is 170 g/mol. The van der Waals surface area contributed by atoms with Crippen LogP contribution in [0.1, 0.15) is 39.0 Å². The van der Waals surface area contributed by atoms with E-state index in [-0.39, 0.29) is 0 Å². The van der Waals surface area contributed by atoms with Crippen LogP contribution >= 0.6 is 0 Å². The van der Waals surface area contributed by atoms with Crippen LogP contribution in [0.25, 0.3) is 0 Å². The van der Waals surface area contributed by atoms with Crippen LogP contribution in [0.15, 0.2) is 24.8 Å². The van der Waals surface area contributed by atoms with Gasteiger partial charge in [0.25, 0.3) is 0 Å². The second-order valence-corrected chi connectivity index (χ2v) is 4.26. The number of hydrogen-bond donors (Lipinski definition) is 1. The third-order valence-corrected chi connectivity index (χ3v) is 2.97. The van der Waals surface area contributed by atoms with Gasteiger partial charge in [-0.3, -0.25) is 0 Å². The summed E-state index contributed by atoms with van der Waals surface area (Å²) in [5.74, 6) is 0.643. The summed E-state index contributed by atoms with van der Waals surface area (Å²) in [6, 6.07) is 0.696. The molecule has 1 nitrogen and oxygen atoms in total. The highest BCUT2D eigenvalue weighted by atomic mass is 15.1. The highest BCUT2D eigenvalue weighted by Gasteiger charge is 2.30. The van der Waals surface area contributed by atoms with Crippen LogP contribution in [0.3, 0.4) is 0 Å². The molecule has 1 rings (SSSR count). The molecule has 14 heavy (non-hydrogen) atoms. The molecular formula is C13H23N. The maximum Gasteiger partial charge on any atom is 0.0261 e. The van der Waals surface area contributed by atoms with Gasteiger partial charge in [-0.1, -0.05) is 38.0 Å². The first-order valence-electron chi connectivity index (χ1n) is 5.81. The van der Waals surface area contributed by atoms with Gasteiger partial charge in [0.1, 0.15) is 0 Å². The van der Waals surface area contributed by atoms with Gasteiger partial charge in [-0.05, 0) is 25.2 Å². The predicted octanol–water partition coefficient (Wildman–Crippen LogP) is 3.29. The average Bonchev–Trinajstić information content (AvgIpc) is 2.98. The molecule has 0 bridgehead atoms. The monoisotopic (exact) mass is 193 g/mol. The van der Waals surface area contributed by atoms with E-state index >= 15 is 0 Å². The molecule has 1 heteroatoms. The van der Waals surface area contributed by atoms with Gasteiger partial charge < -0.3 is 5.32 Å². The molecule has 0 aromatic heterocycles. The van der Waals surface area contributed by atoms with Crippen LogP contribution in [0.2, 0.25) is 0 Å². The maximum atomic E-state index is 4.22. The molecule has 80 valence electrons. The highest BCUT2D eigenvalue weighted by molar-refractivity contribution is 5.11. The zero-order valence-corrected chi connectivity index (χ0v) is 9.39. The topological polar surface area (TPSA) is 21.9 Å². The molecule has 0 aliphatic carbocycles. The summed E-state index contributed by atoms with van der Waals surface area (Å²) in [5, 5.41) is 3.38. The Kier molecular flexibility index (Phi) is 4.95. The van der Waals surface area contributed by atoms with Crippen molar-refractivity contribution >= 4 is 0 Å².